The first-order valence-corrected chi connectivity index (χ1v) is 15.0. The SMILES string of the molecule is C1=CC(c2cccc3c2oc2ccccc23)Cc2c1n(-c1nc(-c3ccccc3)cc(-c3ccccc3)n1)c1ccccc21. The minimum Gasteiger partial charge on any atom is -0.456 e. The van der Waals surface area contributed by atoms with Crippen LogP contribution < -0.4 is 0 Å². The van der Waals surface area contributed by atoms with Crippen LogP contribution in [0.15, 0.2) is 144 Å². The predicted octanol–water partition coefficient (Wildman–Crippen LogP) is 10.0. The van der Waals surface area contributed by atoms with E-state index in [0.717, 1.165) is 56.7 Å². The van der Waals surface area contributed by atoms with Crippen molar-refractivity contribution < 1.29 is 4.42 Å². The molecule has 8 aromatic rings. The van der Waals surface area contributed by atoms with E-state index >= 15 is 0 Å². The number of aromatic nitrogens is 3. The minimum atomic E-state index is 0.183. The van der Waals surface area contributed by atoms with Crippen molar-refractivity contribution in [2.75, 3.05) is 0 Å². The second-order valence-electron chi connectivity index (χ2n) is 11.4. The van der Waals surface area contributed by atoms with Crippen LogP contribution >= 0.6 is 0 Å². The summed E-state index contributed by atoms with van der Waals surface area (Å²) in [6.45, 7) is 0. The van der Waals surface area contributed by atoms with Crippen LogP contribution in [-0.4, -0.2) is 14.5 Å². The normalized spacial score (nSPS) is 14.4. The van der Waals surface area contributed by atoms with E-state index in [9.17, 15) is 0 Å². The number of rotatable bonds is 4. The molecule has 3 heterocycles. The maximum absolute atomic E-state index is 6.44. The van der Waals surface area contributed by atoms with E-state index in [1.165, 1.54) is 21.9 Å². The summed E-state index contributed by atoms with van der Waals surface area (Å²) in [6.07, 6.45) is 5.43. The zero-order valence-electron chi connectivity index (χ0n) is 23.9. The van der Waals surface area contributed by atoms with Crippen molar-refractivity contribution in [2.45, 2.75) is 12.3 Å². The molecule has 4 nitrogen and oxygen atoms in total. The minimum absolute atomic E-state index is 0.183. The fourth-order valence-corrected chi connectivity index (χ4v) is 6.75. The first-order valence-electron chi connectivity index (χ1n) is 15.0. The predicted molar refractivity (Wildman–Crippen MR) is 179 cm³/mol. The maximum atomic E-state index is 6.44. The van der Waals surface area contributed by atoms with Crippen LogP contribution in [-0.2, 0) is 6.42 Å². The van der Waals surface area contributed by atoms with Crippen molar-refractivity contribution in [3.05, 3.63) is 156 Å². The fourth-order valence-electron chi connectivity index (χ4n) is 6.75. The molecule has 208 valence electrons. The van der Waals surface area contributed by atoms with Crippen LogP contribution in [0.5, 0.6) is 0 Å². The van der Waals surface area contributed by atoms with Gasteiger partial charge in [-0.2, -0.15) is 0 Å². The van der Waals surface area contributed by atoms with Crippen molar-refractivity contribution in [2.24, 2.45) is 0 Å². The Morgan fingerprint density at radius 2 is 1.25 bits per heavy atom. The Balaban J connectivity index is 1.23. The van der Waals surface area contributed by atoms with E-state index in [0.29, 0.717) is 5.95 Å². The summed E-state index contributed by atoms with van der Waals surface area (Å²) in [4.78, 5) is 10.4. The standard InChI is InChI=1S/C40H27N3O/c1-3-12-26(13-4-1)34-25-35(27-14-5-2-6-15-27)42-40(41-34)43-36-20-9-7-16-30(36)33-24-28(22-23-37(33)43)29-18-11-19-32-31-17-8-10-21-38(31)44-39(29)32/h1-23,25,28H,24H2. The van der Waals surface area contributed by atoms with Crippen molar-refractivity contribution in [1.29, 1.82) is 0 Å². The third kappa shape index (κ3) is 3.92. The second-order valence-corrected chi connectivity index (χ2v) is 11.4. The van der Waals surface area contributed by atoms with E-state index in [2.05, 4.69) is 132 Å². The Bertz CT molecular complexity index is 2310. The average molecular weight is 566 g/mol. The summed E-state index contributed by atoms with van der Waals surface area (Å²) in [5.41, 5.74) is 10.6. The molecule has 1 unspecified atom stereocenters. The smallest absolute Gasteiger partial charge is 0.235 e. The second kappa shape index (κ2) is 9.92. The van der Waals surface area contributed by atoms with Gasteiger partial charge in [0.15, 0.2) is 0 Å². The van der Waals surface area contributed by atoms with E-state index in [1.807, 2.05) is 18.2 Å². The number of para-hydroxylation sites is 3. The third-order valence-electron chi connectivity index (χ3n) is 8.82. The van der Waals surface area contributed by atoms with Crippen molar-refractivity contribution in [1.82, 2.24) is 14.5 Å². The van der Waals surface area contributed by atoms with Gasteiger partial charge in [0.1, 0.15) is 11.2 Å². The highest BCUT2D eigenvalue weighted by Gasteiger charge is 2.27. The van der Waals surface area contributed by atoms with Gasteiger partial charge in [-0.15, -0.1) is 0 Å². The Hall–Kier alpha value is -5.74. The van der Waals surface area contributed by atoms with Crippen molar-refractivity contribution in [3.63, 3.8) is 0 Å². The molecule has 0 bridgehead atoms. The number of furan rings is 1. The van der Waals surface area contributed by atoms with Gasteiger partial charge in [-0.05, 0) is 36.3 Å². The molecule has 0 saturated heterocycles. The molecule has 5 aromatic carbocycles. The molecular formula is C40H27N3O. The van der Waals surface area contributed by atoms with Gasteiger partial charge in [-0.3, -0.25) is 4.57 Å². The molecule has 0 aliphatic heterocycles. The van der Waals surface area contributed by atoms with Crippen LogP contribution in [0.1, 0.15) is 22.7 Å². The van der Waals surface area contributed by atoms with Gasteiger partial charge in [0.25, 0.3) is 0 Å². The number of fused-ring (bicyclic) bond motifs is 6. The largest absolute Gasteiger partial charge is 0.456 e. The topological polar surface area (TPSA) is 43.9 Å². The summed E-state index contributed by atoms with van der Waals surface area (Å²) in [7, 11) is 0. The lowest BCUT2D eigenvalue weighted by atomic mass is 9.86. The number of hydrogen-bond acceptors (Lipinski definition) is 3. The Labute approximate surface area is 254 Å². The lowest BCUT2D eigenvalue weighted by Gasteiger charge is -2.19. The fraction of sp³-hybridized carbons (Fsp3) is 0.0500. The van der Waals surface area contributed by atoms with Gasteiger partial charge in [-0.1, -0.05) is 121 Å². The Kier molecular flexibility index (Phi) is 5.60. The van der Waals surface area contributed by atoms with Crippen molar-refractivity contribution in [3.8, 4) is 28.5 Å². The van der Waals surface area contributed by atoms with Crippen LogP contribution in [0.4, 0.5) is 0 Å². The van der Waals surface area contributed by atoms with Gasteiger partial charge in [0, 0.05) is 38.8 Å². The molecule has 0 saturated carbocycles. The third-order valence-corrected chi connectivity index (χ3v) is 8.82. The lowest BCUT2D eigenvalue weighted by Crippen LogP contribution is -2.10. The van der Waals surface area contributed by atoms with Gasteiger partial charge in [0.2, 0.25) is 5.95 Å². The molecule has 0 fully saturated rings. The summed E-state index contributed by atoms with van der Waals surface area (Å²) < 4.78 is 8.67. The van der Waals surface area contributed by atoms with Crippen molar-refractivity contribution >= 4 is 38.9 Å². The first-order chi connectivity index (χ1) is 21.8. The molecule has 0 radical (unpaired) electrons. The highest BCUT2D eigenvalue weighted by atomic mass is 16.3. The first kappa shape index (κ1) is 24.8. The monoisotopic (exact) mass is 565 g/mol. The number of nitrogens with zero attached hydrogens (tertiary/aromatic N) is 3. The molecule has 3 aromatic heterocycles. The number of allylic oxidation sites excluding steroid dienone is 1. The average Bonchev–Trinajstić information content (AvgIpc) is 3.64. The van der Waals surface area contributed by atoms with Gasteiger partial charge in [0.05, 0.1) is 22.6 Å². The van der Waals surface area contributed by atoms with Crippen LogP contribution in [0.3, 0.4) is 0 Å². The molecule has 44 heavy (non-hydrogen) atoms. The lowest BCUT2D eigenvalue weighted by molar-refractivity contribution is 0.656. The van der Waals surface area contributed by atoms with Crippen LogP contribution in [0.2, 0.25) is 0 Å². The Morgan fingerprint density at radius 1 is 0.614 bits per heavy atom. The molecule has 0 amide bonds. The summed E-state index contributed by atoms with van der Waals surface area (Å²) in [5, 5.41) is 3.55. The molecule has 1 aliphatic carbocycles. The van der Waals surface area contributed by atoms with Gasteiger partial charge < -0.3 is 4.42 Å². The zero-order chi connectivity index (χ0) is 29.0. The summed E-state index contributed by atoms with van der Waals surface area (Å²) in [6, 6.07) is 46.2. The van der Waals surface area contributed by atoms with Crippen LogP contribution in [0.25, 0.3) is 67.4 Å². The quantitative estimate of drug-likeness (QED) is 0.213. The molecular weight excluding hydrogens is 538 g/mol. The zero-order valence-corrected chi connectivity index (χ0v) is 23.9. The molecule has 0 spiro atoms. The maximum Gasteiger partial charge on any atom is 0.235 e. The molecule has 1 aliphatic rings. The van der Waals surface area contributed by atoms with E-state index in [4.69, 9.17) is 14.4 Å². The molecule has 1 atom stereocenters. The van der Waals surface area contributed by atoms with E-state index in [-0.39, 0.29) is 5.92 Å². The van der Waals surface area contributed by atoms with E-state index < -0.39 is 0 Å². The Morgan fingerprint density at radius 3 is 2.00 bits per heavy atom. The summed E-state index contributed by atoms with van der Waals surface area (Å²) in [5.74, 6) is 0.854. The molecule has 4 heteroatoms. The number of benzene rings is 5. The van der Waals surface area contributed by atoms with Crippen LogP contribution in [0, 0.1) is 0 Å². The summed E-state index contributed by atoms with van der Waals surface area (Å²) >= 11 is 0. The highest BCUT2D eigenvalue weighted by molar-refractivity contribution is 6.06. The number of hydrogen-bond donors (Lipinski definition) is 0. The molecule has 9 rings (SSSR count). The van der Waals surface area contributed by atoms with Gasteiger partial charge in [-0.25, -0.2) is 9.97 Å². The van der Waals surface area contributed by atoms with Gasteiger partial charge >= 0.3 is 0 Å². The highest BCUT2D eigenvalue weighted by Crippen LogP contribution is 2.41. The molecule has 0 N–H and O–H groups in total. The van der Waals surface area contributed by atoms with E-state index in [1.54, 1.807) is 0 Å².